The minimum Gasteiger partial charge on any atom is -0.348 e. The summed E-state index contributed by atoms with van der Waals surface area (Å²) in [7, 11) is 0. The predicted molar refractivity (Wildman–Crippen MR) is 113 cm³/mol. The highest BCUT2D eigenvalue weighted by Crippen LogP contribution is 2.31. The third-order valence-electron chi connectivity index (χ3n) is 4.67. The molecule has 0 aromatic heterocycles. The van der Waals surface area contributed by atoms with Gasteiger partial charge >= 0.3 is 0 Å². The van der Waals surface area contributed by atoms with Crippen molar-refractivity contribution in [2.45, 2.75) is 6.54 Å². The van der Waals surface area contributed by atoms with Gasteiger partial charge in [-0.25, -0.2) is 0 Å². The molecule has 2 aliphatic rings. The Hall–Kier alpha value is -2.08. The maximum atomic E-state index is 12.3. The fourth-order valence-corrected chi connectivity index (χ4v) is 4.27. The van der Waals surface area contributed by atoms with Crippen molar-refractivity contribution in [1.29, 1.82) is 0 Å². The smallest absolute Gasteiger partial charge is 0.286 e. The molecule has 0 atom stereocenters. The summed E-state index contributed by atoms with van der Waals surface area (Å²) in [4.78, 5) is 21.9. The van der Waals surface area contributed by atoms with Crippen molar-refractivity contribution in [2.75, 3.05) is 26.2 Å². The monoisotopic (exact) mass is 397 g/mol. The quantitative estimate of drug-likeness (QED) is 0.729. The van der Waals surface area contributed by atoms with E-state index in [2.05, 4.69) is 39.1 Å². The van der Waals surface area contributed by atoms with E-state index in [1.165, 1.54) is 17.3 Å². The molecule has 2 aromatic carbocycles. The lowest BCUT2D eigenvalue weighted by molar-refractivity contribution is -0.113. The van der Waals surface area contributed by atoms with Gasteiger partial charge in [0.05, 0.1) is 4.91 Å². The van der Waals surface area contributed by atoms with E-state index in [-0.39, 0.29) is 5.91 Å². The van der Waals surface area contributed by atoms with Gasteiger partial charge in [0.15, 0.2) is 5.17 Å². The van der Waals surface area contributed by atoms with Gasteiger partial charge in [0.2, 0.25) is 0 Å². The van der Waals surface area contributed by atoms with Crippen LogP contribution in [-0.4, -0.2) is 47.1 Å². The molecule has 6 heteroatoms. The lowest BCUT2D eigenvalue weighted by Gasteiger charge is -2.35. The van der Waals surface area contributed by atoms with E-state index in [0.29, 0.717) is 9.93 Å². The number of benzene rings is 2. The molecule has 138 valence electrons. The zero-order chi connectivity index (χ0) is 18.6. The van der Waals surface area contributed by atoms with E-state index in [1.54, 1.807) is 0 Å². The Morgan fingerprint density at radius 3 is 2.41 bits per heavy atom. The molecule has 1 fully saturated rings. The molecule has 1 amide bonds. The predicted octanol–water partition coefficient (Wildman–Crippen LogP) is 4.13. The standard InChI is InChI=1S/C21H20ClN3OS/c22-18-8-6-16(7-9-18)14-19-20(26)23-21(27-19)25-12-10-24(11-13-25)15-17-4-2-1-3-5-17/h1-9,14H,10-13,15H2/b19-14+. The molecule has 0 bridgehead atoms. The number of rotatable bonds is 3. The first-order chi connectivity index (χ1) is 13.2. The summed E-state index contributed by atoms with van der Waals surface area (Å²) in [6.45, 7) is 4.69. The van der Waals surface area contributed by atoms with Crippen LogP contribution in [0, 0.1) is 0 Å². The maximum absolute atomic E-state index is 12.3. The summed E-state index contributed by atoms with van der Waals surface area (Å²) >= 11 is 7.38. The zero-order valence-electron chi connectivity index (χ0n) is 14.8. The van der Waals surface area contributed by atoms with Gasteiger partial charge in [-0.05, 0) is 41.1 Å². The van der Waals surface area contributed by atoms with Crippen LogP contribution in [0.25, 0.3) is 6.08 Å². The van der Waals surface area contributed by atoms with Crippen LogP contribution in [0.5, 0.6) is 0 Å². The van der Waals surface area contributed by atoms with E-state index >= 15 is 0 Å². The Bertz CT molecular complexity index is 872. The number of thioether (sulfide) groups is 1. The first-order valence-corrected chi connectivity index (χ1v) is 10.2. The van der Waals surface area contributed by atoms with Crippen molar-refractivity contribution in [3.8, 4) is 0 Å². The molecule has 0 saturated carbocycles. The maximum Gasteiger partial charge on any atom is 0.286 e. The normalized spacial score (nSPS) is 19.6. The third-order valence-corrected chi connectivity index (χ3v) is 5.97. The van der Waals surface area contributed by atoms with Crippen molar-refractivity contribution in [2.24, 2.45) is 4.99 Å². The van der Waals surface area contributed by atoms with Crippen LogP contribution in [0.2, 0.25) is 5.02 Å². The van der Waals surface area contributed by atoms with Gasteiger partial charge < -0.3 is 4.90 Å². The second-order valence-corrected chi connectivity index (χ2v) is 8.06. The lowest BCUT2D eigenvalue weighted by Crippen LogP contribution is -2.47. The van der Waals surface area contributed by atoms with Crippen molar-refractivity contribution in [1.82, 2.24) is 9.80 Å². The van der Waals surface area contributed by atoms with Crippen LogP contribution in [0.4, 0.5) is 0 Å². The molecule has 4 nitrogen and oxygen atoms in total. The Balaban J connectivity index is 1.34. The van der Waals surface area contributed by atoms with Gasteiger partial charge in [-0.3, -0.25) is 9.69 Å². The molecule has 2 heterocycles. The zero-order valence-corrected chi connectivity index (χ0v) is 16.4. The summed E-state index contributed by atoms with van der Waals surface area (Å²) in [5.74, 6) is -0.156. The van der Waals surface area contributed by atoms with Gasteiger partial charge in [-0.2, -0.15) is 4.99 Å². The van der Waals surface area contributed by atoms with E-state index in [1.807, 2.05) is 36.4 Å². The average Bonchev–Trinajstić information content (AvgIpc) is 3.05. The summed E-state index contributed by atoms with van der Waals surface area (Å²) in [6, 6.07) is 18.0. The largest absolute Gasteiger partial charge is 0.348 e. The molecule has 0 radical (unpaired) electrons. The van der Waals surface area contributed by atoms with E-state index < -0.39 is 0 Å². The fraction of sp³-hybridized carbons (Fsp3) is 0.238. The second-order valence-electron chi connectivity index (χ2n) is 6.61. The van der Waals surface area contributed by atoms with Gasteiger partial charge in [0, 0.05) is 37.7 Å². The van der Waals surface area contributed by atoms with Crippen molar-refractivity contribution < 1.29 is 4.79 Å². The Kier molecular flexibility index (Phi) is 5.62. The van der Waals surface area contributed by atoms with Gasteiger partial charge in [0.25, 0.3) is 5.91 Å². The van der Waals surface area contributed by atoms with Crippen molar-refractivity contribution >= 4 is 40.5 Å². The first-order valence-electron chi connectivity index (χ1n) is 8.97. The second kappa shape index (κ2) is 8.30. The number of nitrogens with zero attached hydrogens (tertiary/aromatic N) is 3. The molecule has 2 aliphatic heterocycles. The molecule has 0 unspecified atom stereocenters. The van der Waals surface area contributed by atoms with Crippen LogP contribution in [0.15, 0.2) is 64.5 Å². The highest BCUT2D eigenvalue weighted by molar-refractivity contribution is 8.18. The molecular formula is C21H20ClN3OS. The molecule has 0 spiro atoms. The Labute approximate surface area is 168 Å². The summed E-state index contributed by atoms with van der Waals surface area (Å²) < 4.78 is 0. The van der Waals surface area contributed by atoms with Gasteiger partial charge in [-0.1, -0.05) is 54.1 Å². The van der Waals surface area contributed by atoms with Gasteiger partial charge in [-0.15, -0.1) is 0 Å². The van der Waals surface area contributed by atoms with Crippen LogP contribution in [-0.2, 0) is 11.3 Å². The molecule has 2 aromatic rings. The molecule has 0 N–H and O–H groups in total. The van der Waals surface area contributed by atoms with Crippen molar-refractivity contribution in [3.63, 3.8) is 0 Å². The van der Waals surface area contributed by atoms with Crippen LogP contribution >= 0.6 is 23.4 Å². The minimum absolute atomic E-state index is 0.156. The number of carbonyl (C=O) groups excluding carboxylic acids is 1. The highest BCUT2D eigenvalue weighted by Gasteiger charge is 2.28. The number of hydrogen-bond donors (Lipinski definition) is 0. The molecule has 4 rings (SSSR count). The van der Waals surface area contributed by atoms with Crippen LogP contribution < -0.4 is 0 Å². The van der Waals surface area contributed by atoms with E-state index in [0.717, 1.165) is 43.5 Å². The number of halogens is 1. The lowest BCUT2D eigenvalue weighted by atomic mass is 10.2. The number of amides is 1. The molecule has 1 saturated heterocycles. The molecular weight excluding hydrogens is 378 g/mol. The van der Waals surface area contributed by atoms with Crippen LogP contribution in [0.3, 0.4) is 0 Å². The summed E-state index contributed by atoms with van der Waals surface area (Å²) in [5.41, 5.74) is 2.29. The number of carbonyl (C=O) groups is 1. The van der Waals surface area contributed by atoms with Crippen LogP contribution in [0.1, 0.15) is 11.1 Å². The summed E-state index contributed by atoms with van der Waals surface area (Å²) in [5, 5.41) is 1.51. The number of aliphatic imine (C=N–C) groups is 1. The number of amidine groups is 1. The van der Waals surface area contributed by atoms with E-state index in [9.17, 15) is 4.79 Å². The topological polar surface area (TPSA) is 35.9 Å². The highest BCUT2D eigenvalue weighted by atomic mass is 35.5. The number of hydrogen-bond acceptors (Lipinski definition) is 4. The average molecular weight is 398 g/mol. The number of piperazine rings is 1. The first kappa shape index (κ1) is 18.3. The molecule has 0 aliphatic carbocycles. The Morgan fingerprint density at radius 1 is 1.00 bits per heavy atom. The third kappa shape index (κ3) is 4.61. The van der Waals surface area contributed by atoms with Gasteiger partial charge in [0.1, 0.15) is 0 Å². The Morgan fingerprint density at radius 2 is 1.70 bits per heavy atom. The SMILES string of the molecule is O=C1N=C(N2CCN(Cc3ccccc3)CC2)S/C1=C/c1ccc(Cl)cc1. The summed E-state index contributed by atoms with van der Waals surface area (Å²) in [6.07, 6.45) is 1.88. The fourth-order valence-electron chi connectivity index (χ4n) is 3.18. The van der Waals surface area contributed by atoms with E-state index in [4.69, 9.17) is 11.6 Å². The van der Waals surface area contributed by atoms with Crippen molar-refractivity contribution in [3.05, 3.63) is 75.7 Å². The minimum atomic E-state index is -0.156. The molecule has 27 heavy (non-hydrogen) atoms.